The Labute approximate surface area is 118 Å². The average molecular weight is 282 g/mol. The maximum atomic E-state index is 9.98. The summed E-state index contributed by atoms with van der Waals surface area (Å²) in [6, 6.07) is 7.68. The Morgan fingerprint density at radius 2 is 1.89 bits per heavy atom. The fraction of sp³-hybridized carbons (Fsp3) is 0.533. The molecule has 1 fully saturated rings. The lowest BCUT2D eigenvalue weighted by Crippen LogP contribution is -2.45. The third kappa shape index (κ3) is 2.93. The number of aliphatic hydroxyl groups is 1. The van der Waals surface area contributed by atoms with Crippen LogP contribution in [0.25, 0.3) is 0 Å². The Morgan fingerprint density at radius 3 is 2.26 bits per heavy atom. The van der Waals surface area contributed by atoms with E-state index in [0.717, 1.165) is 24.8 Å². The van der Waals surface area contributed by atoms with Gasteiger partial charge in [0.05, 0.1) is 11.3 Å². The highest BCUT2D eigenvalue weighted by Gasteiger charge is 2.45. The smallest absolute Gasteiger partial charge is 0.0704 e. The first-order chi connectivity index (χ1) is 8.87. The first kappa shape index (κ1) is 14.4. The van der Waals surface area contributed by atoms with Gasteiger partial charge in [0.25, 0.3) is 0 Å². The summed E-state index contributed by atoms with van der Waals surface area (Å²) in [5, 5.41) is 23.5. The van der Waals surface area contributed by atoms with Crippen LogP contribution in [0.4, 0.5) is 0 Å². The minimum Gasteiger partial charge on any atom is -0.411 e. The first-order valence-corrected chi connectivity index (χ1v) is 6.95. The lowest BCUT2D eigenvalue weighted by Gasteiger charge is -2.44. The molecule has 0 bridgehead atoms. The third-order valence-electron chi connectivity index (χ3n) is 3.88. The molecular weight excluding hydrogens is 262 g/mol. The minimum absolute atomic E-state index is 0.237. The first-order valence-electron chi connectivity index (χ1n) is 6.57. The molecule has 4 heteroatoms. The lowest BCUT2D eigenvalue weighted by molar-refractivity contribution is 0.0841. The van der Waals surface area contributed by atoms with E-state index in [1.54, 1.807) is 13.8 Å². The van der Waals surface area contributed by atoms with E-state index in [9.17, 15) is 10.3 Å². The van der Waals surface area contributed by atoms with E-state index in [4.69, 9.17) is 11.6 Å². The van der Waals surface area contributed by atoms with Crippen molar-refractivity contribution in [3.63, 3.8) is 0 Å². The van der Waals surface area contributed by atoms with Crippen LogP contribution in [0, 0.1) is 0 Å². The van der Waals surface area contributed by atoms with Crippen molar-refractivity contribution in [2.75, 3.05) is 0 Å². The standard InChI is InChI=1S/C15H20ClNO2/c1-14(2,18)10-13(17-19)15(8-3-9-15)11-4-6-12(16)7-5-11/h4-7,18-19H,3,8-10H2,1-2H3. The molecule has 19 heavy (non-hydrogen) atoms. The fourth-order valence-electron chi connectivity index (χ4n) is 2.75. The fourth-order valence-corrected chi connectivity index (χ4v) is 2.88. The molecule has 0 aliphatic heterocycles. The Hall–Kier alpha value is -1.06. The number of halogens is 1. The van der Waals surface area contributed by atoms with E-state index in [-0.39, 0.29) is 5.41 Å². The van der Waals surface area contributed by atoms with Crippen molar-refractivity contribution in [1.82, 2.24) is 0 Å². The molecule has 3 nitrogen and oxygen atoms in total. The largest absolute Gasteiger partial charge is 0.411 e. The number of benzene rings is 1. The molecule has 0 amide bonds. The van der Waals surface area contributed by atoms with Gasteiger partial charge in [-0.25, -0.2) is 0 Å². The number of oxime groups is 1. The van der Waals surface area contributed by atoms with E-state index >= 15 is 0 Å². The van der Waals surface area contributed by atoms with Gasteiger partial charge in [-0.15, -0.1) is 0 Å². The molecule has 1 aromatic carbocycles. The molecule has 0 heterocycles. The third-order valence-corrected chi connectivity index (χ3v) is 4.13. The van der Waals surface area contributed by atoms with Gasteiger partial charge in [0.15, 0.2) is 0 Å². The lowest BCUT2D eigenvalue weighted by atomic mass is 9.60. The van der Waals surface area contributed by atoms with Gasteiger partial charge in [0, 0.05) is 16.9 Å². The zero-order chi connectivity index (χ0) is 14.1. The van der Waals surface area contributed by atoms with E-state index in [0.29, 0.717) is 17.2 Å². The molecule has 2 N–H and O–H groups in total. The number of hydrogen-bond donors (Lipinski definition) is 2. The van der Waals surface area contributed by atoms with Crippen molar-refractivity contribution < 1.29 is 10.3 Å². The van der Waals surface area contributed by atoms with E-state index in [2.05, 4.69) is 5.16 Å². The summed E-state index contributed by atoms with van der Waals surface area (Å²) >= 11 is 5.92. The van der Waals surface area contributed by atoms with Crippen molar-refractivity contribution in [2.45, 2.75) is 50.5 Å². The molecule has 0 atom stereocenters. The topological polar surface area (TPSA) is 52.8 Å². The zero-order valence-electron chi connectivity index (χ0n) is 11.4. The molecule has 1 aromatic rings. The van der Waals surface area contributed by atoms with Gasteiger partial charge in [0.2, 0.25) is 0 Å². The van der Waals surface area contributed by atoms with Crippen molar-refractivity contribution in [1.29, 1.82) is 0 Å². The van der Waals surface area contributed by atoms with Crippen LogP contribution in [-0.4, -0.2) is 21.6 Å². The Kier molecular flexibility index (Phi) is 3.88. The van der Waals surface area contributed by atoms with Crippen LogP contribution in [0.15, 0.2) is 29.4 Å². The van der Waals surface area contributed by atoms with Crippen LogP contribution in [0.1, 0.15) is 45.1 Å². The predicted molar refractivity (Wildman–Crippen MR) is 77.1 cm³/mol. The Morgan fingerprint density at radius 1 is 1.32 bits per heavy atom. The van der Waals surface area contributed by atoms with Gasteiger partial charge in [0.1, 0.15) is 0 Å². The van der Waals surface area contributed by atoms with E-state index < -0.39 is 5.60 Å². The quantitative estimate of drug-likeness (QED) is 0.502. The summed E-state index contributed by atoms with van der Waals surface area (Å²) in [4.78, 5) is 0. The van der Waals surface area contributed by atoms with Crippen LogP contribution in [0.2, 0.25) is 5.02 Å². The van der Waals surface area contributed by atoms with Gasteiger partial charge < -0.3 is 10.3 Å². The zero-order valence-corrected chi connectivity index (χ0v) is 12.1. The van der Waals surface area contributed by atoms with Crippen molar-refractivity contribution in [3.05, 3.63) is 34.9 Å². The molecule has 0 unspecified atom stereocenters. The second-order valence-corrected chi connectivity index (χ2v) is 6.41. The molecule has 2 rings (SSSR count). The number of hydrogen-bond acceptors (Lipinski definition) is 3. The summed E-state index contributed by atoms with van der Waals surface area (Å²) in [7, 11) is 0. The minimum atomic E-state index is -0.878. The molecule has 1 aliphatic carbocycles. The highest BCUT2D eigenvalue weighted by molar-refractivity contribution is 6.30. The van der Waals surface area contributed by atoms with Gasteiger partial charge in [-0.2, -0.15) is 0 Å². The maximum Gasteiger partial charge on any atom is 0.0704 e. The SMILES string of the molecule is CC(C)(O)CC(=NO)C1(c2ccc(Cl)cc2)CCC1. The molecule has 0 spiro atoms. The summed E-state index contributed by atoms with van der Waals surface area (Å²) < 4.78 is 0. The van der Waals surface area contributed by atoms with Crippen molar-refractivity contribution in [3.8, 4) is 0 Å². The number of rotatable bonds is 4. The molecule has 1 saturated carbocycles. The van der Waals surface area contributed by atoms with Crippen LogP contribution in [0.3, 0.4) is 0 Å². The summed E-state index contributed by atoms with van der Waals surface area (Å²) in [6.45, 7) is 3.46. The van der Waals surface area contributed by atoms with Crippen molar-refractivity contribution in [2.24, 2.45) is 5.16 Å². The summed E-state index contributed by atoms with van der Waals surface area (Å²) in [5.74, 6) is 0. The predicted octanol–water partition coefficient (Wildman–Crippen LogP) is 3.75. The van der Waals surface area contributed by atoms with Gasteiger partial charge in [-0.05, 0) is 44.4 Å². The highest BCUT2D eigenvalue weighted by atomic mass is 35.5. The maximum absolute atomic E-state index is 9.98. The summed E-state index contributed by atoms with van der Waals surface area (Å²) in [5.41, 5.74) is 0.657. The van der Waals surface area contributed by atoms with E-state index in [1.165, 1.54) is 0 Å². The molecule has 104 valence electrons. The molecular formula is C15H20ClNO2. The van der Waals surface area contributed by atoms with Gasteiger partial charge in [-0.3, -0.25) is 0 Å². The van der Waals surface area contributed by atoms with Crippen molar-refractivity contribution >= 4 is 17.3 Å². The van der Waals surface area contributed by atoms with Gasteiger partial charge in [-0.1, -0.05) is 35.3 Å². The Balaban J connectivity index is 2.34. The molecule has 0 radical (unpaired) electrons. The average Bonchev–Trinajstić information content (AvgIpc) is 2.27. The van der Waals surface area contributed by atoms with Crippen LogP contribution in [-0.2, 0) is 5.41 Å². The monoisotopic (exact) mass is 281 g/mol. The van der Waals surface area contributed by atoms with Crippen LogP contribution >= 0.6 is 11.6 Å². The molecule has 1 aliphatic rings. The molecule has 0 aromatic heterocycles. The normalized spacial score (nSPS) is 19.1. The number of nitrogens with zero attached hydrogens (tertiary/aromatic N) is 1. The Bertz CT molecular complexity index is 470. The van der Waals surface area contributed by atoms with Crippen LogP contribution < -0.4 is 0 Å². The second kappa shape index (κ2) is 5.14. The van der Waals surface area contributed by atoms with Gasteiger partial charge >= 0.3 is 0 Å². The highest BCUT2D eigenvalue weighted by Crippen LogP contribution is 2.46. The summed E-state index contributed by atoms with van der Waals surface area (Å²) in [6.07, 6.45) is 3.37. The van der Waals surface area contributed by atoms with E-state index in [1.807, 2.05) is 24.3 Å². The molecule has 0 saturated heterocycles. The van der Waals surface area contributed by atoms with Crippen LogP contribution in [0.5, 0.6) is 0 Å². The second-order valence-electron chi connectivity index (χ2n) is 5.98.